The van der Waals surface area contributed by atoms with E-state index in [1.54, 1.807) is 37.3 Å². The minimum Gasteiger partial charge on any atom is -0.352 e. The lowest BCUT2D eigenvalue weighted by Crippen LogP contribution is -2.50. The Bertz CT molecular complexity index is 875. The molecule has 0 saturated carbocycles. The number of halogens is 3. The van der Waals surface area contributed by atoms with Gasteiger partial charge in [-0.25, -0.2) is 4.39 Å². The van der Waals surface area contributed by atoms with Gasteiger partial charge in [-0.3, -0.25) is 9.59 Å². The van der Waals surface area contributed by atoms with Crippen LogP contribution in [-0.2, 0) is 21.9 Å². The first-order chi connectivity index (χ1) is 14.7. The molecule has 0 spiro atoms. The van der Waals surface area contributed by atoms with E-state index in [0.29, 0.717) is 21.4 Å². The maximum atomic E-state index is 13.1. The van der Waals surface area contributed by atoms with E-state index in [-0.39, 0.29) is 36.0 Å². The van der Waals surface area contributed by atoms with Crippen LogP contribution in [0.25, 0.3) is 0 Å². The van der Waals surface area contributed by atoms with Crippen LogP contribution >= 0.6 is 35.0 Å². The van der Waals surface area contributed by atoms with Gasteiger partial charge in [0.2, 0.25) is 11.8 Å². The van der Waals surface area contributed by atoms with Crippen LogP contribution in [0.5, 0.6) is 0 Å². The Morgan fingerprint density at radius 3 is 2.29 bits per heavy atom. The van der Waals surface area contributed by atoms with Crippen LogP contribution in [0.2, 0.25) is 10.0 Å². The standard InChI is InChI=1S/C23H27Cl2FN2O2S/c1-4-15(2)27-23(30)16(3)28(12-19-20(24)6-5-7-21(19)25)22(29)14-31-13-17-8-10-18(26)11-9-17/h5-11,15-16H,4,12-14H2,1-3H3,(H,27,30)/t15-,16+/m1/s1. The molecule has 0 aliphatic carbocycles. The molecule has 8 heteroatoms. The predicted octanol–water partition coefficient (Wildman–Crippen LogP) is 5.70. The zero-order valence-electron chi connectivity index (χ0n) is 17.8. The third kappa shape index (κ3) is 7.70. The number of carbonyl (C=O) groups excluding carboxylic acids is 2. The number of nitrogens with zero attached hydrogens (tertiary/aromatic N) is 1. The highest BCUT2D eigenvalue weighted by Gasteiger charge is 2.27. The quantitative estimate of drug-likeness (QED) is 0.470. The number of rotatable bonds is 10. The van der Waals surface area contributed by atoms with E-state index in [2.05, 4.69) is 5.32 Å². The summed E-state index contributed by atoms with van der Waals surface area (Å²) >= 11 is 14.0. The van der Waals surface area contributed by atoms with Gasteiger partial charge < -0.3 is 10.2 Å². The van der Waals surface area contributed by atoms with E-state index in [4.69, 9.17) is 23.2 Å². The Morgan fingerprint density at radius 1 is 1.10 bits per heavy atom. The first-order valence-electron chi connectivity index (χ1n) is 10.1. The smallest absolute Gasteiger partial charge is 0.242 e. The molecular weight excluding hydrogens is 458 g/mol. The summed E-state index contributed by atoms with van der Waals surface area (Å²) in [5.41, 5.74) is 1.52. The zero-order chi connectivity index (χ0) is 23.0. The van der Waals surface area contributed by atoms with Gasteiger partial charge in [0.25, 0.3) is 0 Å². The van der Waals surface area contributed by atoms with Crippen molar-refractivity contribution in [2.24, 2.45) is 0 Å². The van der Waals surface area contributed by atoms with Crippen LogP contribution < -0.4 is 5.32 Å². The van der Waals surface area contributed by atoms with Gasteiger partial charge in [0.15, 0.2) is 0 Å². The summed E-state index contributed by atoms with van der Waals surface area (Å²) in [5, 5.41) is 3.81. The number of benzene rings is 2. The van der Waals surface area contributed by atoms with Gasteiger partial charge in [0.1, 0.15) is 11.9 Å². The van der Waals surface area contributed by atoms with Crippen molar-refractivity contribution in [2.45, 2.75) is 51.6 Å². The average Bonchev–Trinajstić information content (AvgIpc) is 2.74. The van der Waals surface area contributed by atoms with E-state index in [0.717, 1.165) is 12.0 Å². The third-order valence-corrected chi connectivity index (χ3v) is 6.66. The van der Waals surface area contributed by atoms with Crippen molar-refractivity contribution in [1.29, 1.82) is 0 Å². The predicted molar refractivity (Wildman–Crippen MR) is 127 cm³/mol. The van der Waals surface area contributed by atoms with Gasteiger partial charge in [-0.2, -0.15) is 0 Å². The van der Waals surface area contributed by atoms with E-state index in [1.165, 1.54) is 28.8 Å². The summed E-state index contributed by atoms with van der Waals surface area (Å²) in [6.07, 6.45) is 0.788. The summed E-state index contributed by atoms with van der Waals surface area (Å²) < 4.78 is 13.1. The number of amides is 2. The molecule has 0 bridgehead atoms. The molecule has 0 radical (unpaired) electrons. The van der Waals surface area contributed by atoms with E-state index in [9.17, 15) is 14.0 Å². The first kappa shape index (κ1) is 25.5. The molecule has 0 heterocycles. The van der Waals surface area contributed by atoms with Crippen molar-refractivity contribution in [3.8, 4) is 0 Å². The summed E-state index contributed by atoms with van der Waals surface area (Å²) in [5.74, 6) is -0.00123. The Hall–Kier alpha value is -1.76. The number of hydrogen-bond donors (Lipinski definition) is 1. The average molecular weight is 485 g/mol. The van der Waals surface area contributed by atoms with Crippen LogP contribution in [0.1, 0.15) is 38.3 Å². The Balaban J connectivity index is 2.14. The zero-order valence-corrected chi connectivity index (χ0v) is 20.2. The second kappa shape index (κ2) is 12.3. The summed E-state index contributed by atoms with van der Waals surface area (Å²) in [6.45, 7) is 5.73. The molecule has 4 nitrogen and oxygen atoms in total. The van der Waals surface area contributed by atoms with Gasteiger partial charge >= 0.3 is 0 Å². The lowest BCUT2D eigenvalue weighted by molar-refractivity contribution is -0.138. The SMILES string of the molecule is CC[C@@H](C)NC(=O)[C@H](C)N(Cc1c(Cl)cccc1Cl)C(=O)CSCc1ccc(F)cc1. The molecule has 0 unspecified atom stereocenters. The van der Waals surface area contributed by atoms with Gasteiger partial charge in [0.05, 0.1) is 5.75 Å². The van der Waals surface area contributed by atoms with Crippen LogP contribution in [0.3, 0.4) is 0 Å². The largest absolute Gasteiger partial charge is 0.352 e. The Labute approximate surface area is 197 Å². The van der Waals surface area contributed by atoms with Crippen molar-refractivity contribution in [2.75, 3.05) is 5.75 Å². The molecule has 2 aromatic rings. The van der Waals surface area contributed by atoms with Crippen molar-refractivity contribution in [1.82, 2.24) is 10.2 Å². The van der Waals surface area contributed by atoms with Gasteiger partial charge in [-0.05, 0) is 50.1 Å². The minimum atomic E-state index is -0.694. The molecule has 2 amide bonds. The molecule has 1 N–H and O–H groups in total. The van der Waals surface area contributed by atoms with Crippen molar-refractivity contribution in [3.05, 3.63) is 69.5 Å². The topological polar surface area (TPSA) is 49.4 Å². The van der Waals surface area contributed by atoms with Gasteiger partial charge in [-0.1, -0.05) is 48.3 Å². The molecular formula is C23H27Cl2FN2O2S. The van der Waals surface area contributed by atoms with E-state index < -0.39 is 6.04 Å². The maximum Gasteiger partial charge on any atom is 0.242 e. The normalized spacial score (nSPS) is 12.8. The molecule has 2 atom stereocenters. The Kier molecular flexibility index (Phi) is 10.1. The molecule has 0 saturated heterocycles. The lowest BCUT2D eigenvalue weighted by atomic mass is 10.1. The van der Waals surface area contributed by atoms with Crippen molar-refractivity contribution >= 4 is 46.8 Å². The number of carbonyl (C=O) groups is 2. The van der Waals surface area contributed by atoms with Crippen LogP contribution in [-0.4, -0.2) is 34.6 Å². The van der Waals surface area contributed by atoms with Gasteiger partial charge in [0, 0.05) is 33.9 Å². The fourth-order valence-electron chi connectivity index (χ4n) is 2.82. The third-order valence-electron chi connectivity index (χ3n) is 4.97. The number of hydrogen-bond acceptors (Lipinski definition) is 3. The summed E-state index contributed by atoms with van der Waals surface area (Å²) in [4.78, 5) is 27.3. The minimum absolute atomic E-state index is 0.00338. The highest BCUT2D eigenvalue weighted by Crippen LogP contribution is 2.27. The number of nitrogens with one attached hydrogen (secondary N) is 1. The molecule has 2 rings (SSSR count). The summed E-state index contributed by atoms with van der Waals surface area (Å²) in [6, 6.07) is 10.6. The lowest BCUT2D eigenvalue weighted by Gasteiger charge is -2.30. The second-order valence-electron chi connectivity index (χ2n) is 7.33. The monoisotopic (exact) mass is 484 g/mol. The molecule has 31 heavy (non-hydrogen) atoms. The first-order valence-corrected chi connectivity index (χ1v) is 12.0. The molecule has 168 valence electrons. The number of thioether (sulfide) groups is 1. The second-order valence-corrected chi connectivity index (χ2v) is 9.13. The highest BCUT2D eigenvalue weighted by molar-refractivity contribution is 7.99. The fourth-order valence-corrected chi connectivity index (χ4v) is 4.21. The highest BCUT2D eigenvalue weighted by atomic mass is 35.5. The molecule has 2 aromatic carbocycles. The fraction of sp³-hybridized carbons (Fsp3) is 0.391. The van der Waals surface area contributed by atoms with Crippen molar-refractivity contribution in [3.63, 3.8) is 0 Å². The summed E-state index contributed by atoms with van der Waals surface area (Å²) in [7, 11) is 0. The molecule has 0 fully saturated rings. The molecule has 0 aliphatic rings. The van der Waals surface area contributed by atoms with Crippen LogP contribution in [0.4, 0.5) is 4.39 Å². The van der Waals surface area contributed by atoms with Gasteiger partial charge in [-0.15, -0.1) is 11.8 Å². The van der Waals surface area contributed by atoms with Crippen LogP contribution in [0.15, 0.2) is 42.5 Å². The van der Waals surface area contributed by atoms with E-state index in [1.807, 2.05) is 13.8 Å². The van der Waals surface area contributed by atoms with E-state index >= 15 is 0 Å². The molecule has 0 aromatic heterocycles. The van der Waals surface area contributed by atoms with Crippen LogP contribution in [0, 0.1) is 5.82 Å². The maximum absolute atomic E-state index is 13.1. The Morgan fingerprint density at radius 2 is 1.71 bits per heavy atom. The van der Waals surface area contributed by atoms with Crippen molar-refractivity contribution < 1.29 is 14.0 Å². The molecule has 0 aliphatic heterocycles.